The highest BCUT2D eigenvalue weighted by molar-refractivity contribution is 7.89. The molecule has 0 aliphatic carbocycles. The van der Waals surface area contributed by atoms with Crippen LogP contribution in [0.2, 0.25) is 5.02 Å². The van der Waals surface area contributed by atoms with E-state index in [1.54, 1.807) is 12.1 Å². The van der Waals surface area contributed by atoms with E-state index in [0.717, 1.165) is 6.07 Å². The lowest BCUT2D eigenvalue weighted by Gasteiger charge is -2.14. The average molecular weight is 462 g/mol. The van der Waals surface area contributed by atoms with Crippen LogP contribution in [0.1, 0.15) is 16.1 Å². The number of benzene rings is 1. The predicted octanol–water partition coefficient (Wildman–Crippen LogP) is 1.46. The molecule has 2 aromatic rings. The normalized spacial score (nSPS) is 11.0. The second kappa shape index (κ2) is 10.8. The van der Waals surface area contributed by atoms with Crippen LogP contribution in [0.5, 0.6) is 0 Å². The summed E-state index contributed by atoms with van der Waals surface area (Å²) in [5.74, 6) is -0.331. The maximum Gasteiger partial charge on any atom is 0.508 e. The number of carbonyl (C=O) groups excluding carboxylic acids is 2. The monoisotopic (exact) mass is 461 g/mol. The Balaban J connectivity index is 2.11. The quantitative estimate of drug-likeness (QED) is 0.347. The second-order valence-electron chi connectivity index (χ2n) is 5.68. The number of rotatable bonds is 10. The van der Waals surface area contributed by atoms with Gasteiger partial charge in [-0.05, 0) is 24.3 Å². The molecule has 0 amide bonds. The van der Waals surface area contributed by atoms with Crippen molar-refractivity contribution in [3.63, 3.8) is 0 Å². The molecule has 1 heterocycles. The molecule has 13 heteroatoms. The highest BCUT2D eigenvalue weighted by Gasteiger charge is 2.22. The highest BCUT2D eigenvalue weighted by Crippen LogP contribution is 2.29. The number of halogens is 1. The van der Waals surface area contributed by atoms with Gasteiger partial charge in [0.25, 0.3) is 0 Å². The molecular formula is C17H20ClN3O8S. The van der Waals surface area contributed by atoms with E-state index in [9.17, 15) is 18.0 Å². The molecule has 0 aliphatic rings. The molecule has 0 saturated heterocycles. The highest BCUT2D eigenvalue weighted by atomic mass is 35.5. The van der Waals surface area contributed by atoms with Gasteiger partial charge in [-0.15, -0.1) is 0 Å². The van der Waals surface area contributed by atoms with E-state index in [1.165, 1.54) is 12.3 Å². The molecule has 0 fully saturated rings. The molecule has 30 heavy (non-hydrogen) atoms. The maximum atomic E-state index is 12.5. The Morgan fingerprint density at radius 2 is 1.83 bits per heavy atom. The summed E-state index contributed by atoms with van der Waals surface area (Å²) in [6.45, 7) is -0.263. The third kappa shape index (κ3) is 6.91. The Bertz CT molecular complexity index is 979. The summed E-state index contributed by atoms with van der Waals surface area (Å²) in [6.07, 6.45) is 0.516. The zero-order valence-corrected chi connectivity index (χ0v) is 17.2. The molecule has 0 saturated carbocycles. The third-order valence-corrected chi connectivity index (χ3v) is 4.88. The number of nitrogens with two attached hydrogens (primary N) is 2. The van der Waals surface area contributed by atoms with Gasteiger partial charge in [0.2, 0.25) is 10.0 Å². The number of anilines is 1. The van der Waals surface area contributed by atoms with E-state index in [1.807, 2.05) is 0 Å². The fourth-order valence-corrected chi connectivity index (χ4v) is 3.30. The maximum absolute atomic E-state index is 12.5. The van der Waals surface area contributed by atoms with Crippen LogP contribution in [0.3, 0.4) is 0 Å². The van der Waals surface area contributed by atoms with Crippen molar-refractivity contribution in [2.75, 3.05) is 31.7 Å². The molecule has 0 spiro atoms. The number of furan rings is 1. The summed E-state index contributed by atoms with van der Waals surface area (Å²) in [5, 5.41) is 7.88. The van der Waals surface area contributed by atoms with E-state index in [0.29, 0.717) is 5.76 Å². The third-order valence-electron chi connectivity index (χ3n) is 3.51. The minimum atomic E-state index is -4.19. The zero-order valence-electron chi connectivity index (χ0n) is 15.6. The fourth-order valence-electron chi connectivity index (χ4n) is 2.20. The summed E-state index contributed by atoms with van der Waals surface area (Å²) in [5.41, 5.74) is 5.24. The van der Waals surface area contributed by atoms with Crippen LogP contribution in [0.15, 0.2) is 39.8 Å². The summed E-state index contributed by atoms with van der Waals surface area (Å²) in [4.78, 5) is 23.2. The molecule has 0 aliphatic heterocycles. The van der Waals surface area contributed by atoms with Crippen molar-refractivity contribution in [2.45, 2.75) is 11.4 Å². The number of primary sulfonamides is 1. The summed E-state index contributed by atoms with van der Waals surface area (Å²) in [7, 11) is -4.19. The first-order valence-corrected chi connectivity index (χ1v) is 10.4. The molecule has 5 N–H and O–H groups in total. The fraction of sp³-hybridized carbons (Fsp3) is 0.294. The lowest BCUT2D eigenvalue weighted by Crippen LogP contribution is -2.19. The van der Waals surface area contributed by atoms with Gasteiger partial charge >= 0.3 is 12.1 Å². The van der Waals surface area contributed by atoms with Crippen LogP contribution >= 0.6 is 11.6 Å². The van der Waals surface area contributed by atoms with Gasteiger partial charge in [-0.3, -0.25) is 0 Å². The Labute approximate surface area is 177 Å². The largest absolute Gasteiger partial charge is 0.508 e. The molecule has 0 unspecified atom stereocenters. The molecule has 0 atom stereocenters. The number of ether oxygens (including phenoxy) is 3. The summed E-state index contributed by atoms with van der Waals surface area (Å²) in [6, 6.07) is 5.62. The van der Waals surface area contributed by atoms with Gasteiger partial charge in [-0.2, -0.15) is 0 Å². The van der Waals surface area contributed by atoms with Crippen molar-refractivity contribution >= 4 is 39.4 Å². The lowest BCUT2D eigenvalue weighted by atomic mass is 10.1. The van der Waals surface area contributed by atoms with Gasteiger partial charge in [-0.25, -0.2) is 23.1 Å². The number of sulfonamides is 1. The van der Waals surface area contributed by atoms with E-state index in [-0.39, 0.29) is 49.2 Å². The van der Waals surface area contributed by atoms with Crippen molar-refractivity contribution in [3.05, 3.63) is 46.9 Å². The van der Waals surface area contributed by atoms with Crippen LogP contribution in [-0.2, 0) is 30.8 Å². The van der Waals surface area contributed by atoms with Gasteiger partial charge in [0.05, 0.1) is 29.1 Å². The number of hydrogen-bond donors (Lipinski definition) is 3. The van der Waals surface area contributed by atoms with Gasteiger partial charge in [0.15, 0.2) is 0 Å². The zero-order chi connectivity index (χ0) is 22.1. The Hall–Kier alpha value is -2.80. The topological polar surface area (TPSA) is 173 Å². The number of hydrogen-bond acceptors (Lipinski definition) is 10. The van der Waals surface area contributed by atoms with Crippen LogP contribution in [0.4, 0.5) is 10.5 Å². The SMILES string of the molecule is NCCOC(=O)OCCOC(=O)c1cc(S(N)(=O)=O)c(Cl)cc1NCc1ccco1. The Morgan fingerprint density at radius 3 is 2.47 bits per heavy atom. The minimum absolute atomic E-state index is 0.00949. The lowest BCUT2D eigenvalue weighted by molar-refractivity contribution is 0.0238. The van der Waals surface area contributed by atoms with Crippen LogP contribution < -0.4 is 16.2 Å². The first kappa shape index (κ1) is 23.5. The van der Waals surface area contributed by atoms with Crippen molar-refractivity contribution in [3.8, 4) is 0 Å². The molecule has 1 aromatic carbocycles. The first-order chi connectivity index (χ1) is 14.2. The summed E-state index contributed by atoms with van der Waals surface area (Å²) >= 11 is 6.00. The Kier molecular flexibility index (Phi) is 8.47. The van der Waals surface area contributed by atoms with Gasteiger partial charge < -0.3 is 29.7 Å². The van der Waals surface area contributed by atoms with E-state index in [4.69, 9.17) is 36.4 Å². The minimum Gasteiger partial charge on any atom is -0.467 e. The number of nitrogens with one attached hydrogen (secondary N) is 1. The molecule has 0 bridgehead atoms. The molecule has 1 aromatic heterocycles. The van der Waals surface area contributed by atoms with Crippen molar-refractivity contribution < 1.29 is 36.6 Å². The van der Waals surface area contributed by atoms with Crippen LogP contribution in [-0.4, -0.2) is 46.9 Å². The van der Waals surface area contributed by atoms with Crippen molar-refractivity contribution in [1.29, 1.82) is 0 Å². The van der Waals surface area contributed by atoms with Crippen LogP contribution in [0.25, 0.3) is 0 Å². The van der Waals surface area contributed by atoms with Crippen molar-refractivity contribution in [1.82, 2.24) is 0 Å². The van der Waals surface area contributed by atoms with Crippen LogP contribution in [0, 0.1) is 0 Å². The molecule has 164 valence electrons. The van der Waals surface area contributed by atoms with E-state index in [2.05, 4.69) is 10.1 Å². The summed E-state index contributed by atoms with van der Waals surface area (Å²) < 4.78 is 43.0. The van der Waals surface area contributed by atoms with Gasteiger partial charge in [0.1, 0.15) is 30.5 Å². The van der Waals surface area contributed by atoms with Crippen molar-refractivity contribution in [2.24, 2.45) is 10.9 Å². The second-order valence-corrected chi connectivity index (χ2v) is 7.61. The number of carbonyl (C=O) groups is 2. The van der Waals surface area contributed by atoms with E-state index < -0.39 is 27.0 Å². The van der Waals surface area contributed by atoms with E-state index >= 15 is 0 Å². The van der Waals surface area contributed by atoms with Gasteiger partial charge in [0, 0.05) is 6.54 Å². The number of esters is 1. The Morgan fingerprint density at radius 1 is 1.13 bits per heavy atom. The molecule has 11 nitrogen and oxygen atoms in total. The predicted molar refractivity (Wildman–Crippen MR) is 105 cm³/mol. The van der Waals surface area contributed by atoms with Gasteiger partial charge in [-0.1, -0.05) is 11.6 Å². The molecular weight excluding hydrogens is 442 g/mol. The molecule has 0 radical (unpaired) electrons. The smallest absolute Gasteiger partial charge is 0.467 e. The standard InChI is InChI=1S/C17H20ClN3O8S/c18-13-9-14(21-10-11-2-1-4-26-11)12(8-15(13)30(20,24)25)16(22)27-6-7-29-17(23)28-5-3-19/h1-2,4,8-9,21H,3,5-7,10,19H2,(H2,20,24,25). The average Bonchev–Trinajstić information content (AvgIpc) is 3.20. The first-order valence-electron chi connectivity index (χ1n) is 8.51. The molecule has 2 rings (SSSR count).